The van der Waals surface area contributed by atoms with Crippen molar-refractivity contribution in [3.05, 3.63) is 65.7 Å². The van der Waals surface area contributed by atoms with Gasteiger partial charge in [0.1, 0.15) is 5.75 Å². The van der Waals surface area contributed by atoms with E-state index >= 15 is 0 Å². The molecule has 25 heavy (non-hydrogen) atoms. The van der Waals surface area contributed by atoms with Crippen LogP contribution >= 0.6 is 0 Å². The van der Waals surface area contributed by atoms with Gasteiger partial charge in [0.2, 0.25) is 0 Å². The molecule has 5 heteroatoms. The number of anilines is 1. The summed E-state index contributed by atoms with van der Waals surface area (Å²) in [5.41, 5.74) is 8.13. The van der Waals surface area contributed by atoms with Crippen LogP contribution in [0.5, 0.6) is 5.75 Å². The Labute approximate surface area is 146 Å². The first-order chi connectivity index (χ1) is 12.1. The predicted octanol–water partition coefficient (Wildman–Crippen LogP) is 2.54. The second-order valence-electron chi connectivity index (χ2n) is 5.88. The first kappa shape index (κ1) is 16.8. The number of hydrogen-bond donors (Lipinski definition) is 1. The van der Waals surface area contributed by atoms with Gasteiger partial charge >= 0.3 is 0 Å². The van der Waals surface area contributed by atoms with Crippen LogP contribution in [-0.2, 0) is 16.0 Å². The lowest BCUT2D eigenvalue weighted by Crippen LogP contribution is -2.34. The predicted molar refractivity (Wildman–Crippen MR) is 97.3 cm³/mol. The smallest absolute Gasteiger partial charge is 0.255 e. The molecule has 1 heterocycles. The zero-order valence-corrected chi connectivity index (χ0v) is 13.9. The molecule has 0 radical (unpaired) electrons. The van der Waals surface area contributed by atoms with Gasteiger partial charge in [-0.15, -0.1) is 0 Å². The number of carbonyl (C=O) groups is 2. The molecule has 3 rings (SSSR count). The van der Waals surface area contributed by atoms with Gasteiger partial charge in [-0.1, -0.05) is 30.3 Å². The molecule has 2 aromatic carbocycles. The lowest BCUT2D eigenvalue weighted by atomic mass is 10.0. The fourth-order valence-corrected chi connectivity index (χ4v) is 2.85. The Morgan fingerprint density at radius 1 is 1.12 bits per heavy atom. The van der Waals surface area contributed by atoms with Gasteiger partial charge in [-0.2, -0.15) is 0 Å². The molecule has 0 fully saturated rings. The maximum absolute atomic E-state index is 12.5. The van der Waals surface area contributed by atoms with Crippen LogP contribution in [0.4, 0.5) is 5.69 Å². The Kier molecular flexibility index (Phi) is 5.14. The molecule has 0 saturated carbocycles. The van der Waals surface area contributed by atoms with E-state index in [2.05, 4.69) is 6.07 Å². The number of amides is 2. The van der Waals surface area contributed by atoms with Crippen molar-refractivity contribution < 1.29 is 14.3 Å². The Hall–Kier alpha value is -3.08. The Morgan fingerprint density at radius 3 is 2.64 bits per heavy atom. The zero-order chi connectivity index (χ0) is 17.6. The third-order valence-corrected chi connectivity index (χ3v) is 4.06. The maximum atomic E-state index is 12.5. The molecule has 1 aliphatic heterocycles. The number of carbonyl (C=O) groups excluding carboxylic acids is 2. The Bertz CT molecular complexity index is 797. The molecule has 2 amide bonds. The quantitative estimate of drug-likeness (QED) is 0.853. The average molecular weight is 336 g/mol. The maximum Gasteiger partial charge on any atom is 0.255 e. The second-order valence-corrected chi connectivity index (χ2v) is 5.88. The van der Waals surface area contributed by atoms with Crippen molar-refractivity contribution in [2.45, 2.75) is 12.8 Å². The van der Waals surface area contributed by atoms with E-state index in [1.165, 1.54) is 5.56 Å². The minimum Gasteiger partial charge on any atom is -0.484 e. The van der Waals surface area contributed by atoms with Crippen LogP contribution in [0, 0.1) is 0 Å². The summed E-state index contributed by atoms with van der Waals surface area (Å²) in [6.45, 7) is 0.585. The molecule has 1 aliphatic rings. The molecule has 5 nitrogen and oxygen atoms in total. The molecule has 0 aromatic heterocycles. The van der Waals surface area contributed by atoms with Crippen LogP contribution in [0.1, 0.15) is 17.5 Å². The summed E-state index contributed by atoms with van der Waals surface area (Å²) in [7, 11) is 0. The van der Waals surface area contributed by atoms with Crippen LogP contribution in [0.15, 0.2) is 54.6 Å². The number of nitrogens with two attached hydrogens (primary N) is 1. The summed E-state index contributed by atoms with van der Waals surface area (Å²) < 4.78 is 5.21. The van der Waals surface area contributed by atoms with E-state index in [1.807, 2.05) is 35.2 Å². The number of nitrogens with zero attached hydrogens (tertiary/aromatic N) is 1. The second kappa shape index (κ2) is 7.66. The number of fused-ring (bicyclic) bond motifs is 1. The molecule has 128 valence electrons. The topological polar surface area (TPSA) is 72.6 Å². The molecular formula is C20H20N2O3. The standard InChI is InChI=1S/C20H20N2O3/c21-19(23)14-25-17-10-7-15(8-11-17)9-12-20(24)22-13-3-5-16-4-1-2-6-18(16)22/h1-2,4,6-12H,3,5,13-14H2,(H2,21,23)/b12-9+. The van der Waals surface area contributed by atoms with Gasteiger partial charge in [0.05, 0.1) is 0 Å². The van der Waals surface area contributed by atoms with Crippen LogP contribution in [-0.4, -0.2) is 25.0 Å². The van der Waals surface area contributed by atoms with E-state index in [1.54, 1.807) is 24.3 Å². The van der Waals surface area contributed by atoms with E-state index in [-0.39, 0.29) is 12.5 Å². The van der Waals surface area contributed by atoms with Crippen molar-refractivity contribution in [3.63, 3.8) is 0 Å². The molecule has 2 aromatic rings. The molecule has 2 N–H and O–H groups in total. The monoisotopic (exact) mass is 336 g/mol. The summed E-state index contributed by atoms with van der Waals surface area (Å²) >= 11 is 0. The number of rotatable bonds is 5. The minimum atomic E-state index is -0.517. The Balaban J connectivity index is 1.66. The number of aryl methyl sites for hydroxylation is 1. The first-order valence-corrected chi connectivity index (χ1v) is 8.22. The van der Waals surface area contributed by atoms with Gasteiger partial charge in [-0.05, 0) is 48.2 Å². The van der Waals surface area contributed by atoms with Gasteiger partial charge in [0, 0.05) is 18.3 Å². The van der Waals surface area contributed by atoms with E-state index in [4.69, 9.17) is 10.5 Å². The fourth-order valence-electron chi connectivity index (χ4n) is 2.85. The normalized spacial score (nSPS) is 13.5. The zero-order valence-electron chi connectivity index (χ0n) is 13.9. The number of benzene rings is 2. The minimum absolute atomic E-state index is 0.0267. The molecule has 0 bridgehead atoms. The summed E-state index contributed by atoms with van der Waals surface area (Å²) in [5, 5.41) is 0. The number of hydrogen-bond acceptors (Lipinski definition) is 3. The number of primary amides is 1. The summed E-state index contributed by atoms with van der Waals surface area (Å²) in [6.07, 6.45) is 5.34. The summed E-state index contributed by atoms with van der Waals surface area (Å²) in [5.74, 6) is 0.0184. The third-order valence-electron chi connectivity index (χ3n) is 4.06. The van der Waals surface area contributed by atoms with Crippen LogP contribution in [0.25, 0.3) is 6.08 Å². The highest BCUT2D eigenvalue weighted by atomic mass is 16.5. The lowest BCUT2D eigenvalue weighted by molar-refractivity contribution is -0.120. The van der Waals surface area contributed by atoms with E-state index in [0.717, 1.165) is 30.6 Å². The van der Waals surface area contributed by atoms with E-state index in [0.29, 0.717) is 5.75 Å². The van der Waals surface area contributed by atoms with Crippen molar-refractivity contribution in [1.29, 1.82) is 0 Å². The van der Waals surface area contributed by atoms with Crippen molar-refractivity contribution in [2.24, 2.45) is 5.73 Å². The van der Waals surface area contributed by atoms with Crippen molar-refractivity contribution >= 4 is 23.6 Å². The van der Waals surface area contributed by atoms with Crippen LogP contribution in [0.2, 0.25) is 0 Å². The van der Waals surface area contributed by atoms with Crippen molar-refractivity contribution in [3.8, 4) is 5.75 Å². The van der Waals surface area contributed by atoms with Crippen molar-refractivity contribution in [2.75, 3.05) is 18.1 Å². The van der Waals surface area contributed by atoms with Crippen LogP contribution < -0.4 is 15.4 Å². The molecular weight excluding hydrogens is 316 g/mol. The highest BCUT2D eigenvalue weighted by Crippen LogP contribution is 2.27. The van der Waals surface area contributed by atoms with Gasteiger partial charge in [-0.25, -0.2) is 0 Å². The highest BCUT2D eigenvalue weighted by molar-refractivity contribution is 6.04. The number of ether oxygens (including phenoxy) is 1. The SMILES string of the molecule is NC(=O)COc1ccc(/C=C/C(=O)N2CCCc3ccccc32)cc1. The average Bonchev–Trinajstić information content (AvgIpc) is 2.64. The van der Waals surface area contributed by atoms with Gasteiger partial charge in [-0.3, -0.25) is 9.59 Å². The first-order valence-electron chi connectivity index (χ1n) is 8.22. The summed E-state index contributed by atoms with van der Waals surface area (Å²) in [4.78, 5) is 25.1. The van der Waals surface area contributed by atoms with Crippen LogP contribution in [0.3, 0.4) is 0 Å². The Morgan fingerprint density at radius 2 is 1.88 bits per heavy atom. The van der Waals surface area contributed by atoms with Gasteiger partial charge in [0.25, 0.3) is 11.8 Å². The molecule has 0 unspecified atom stereocenters. The summed E-state index contributed by atoms with van der Waals surface area (Å²) in [6, 6.07) is 15.2. The largest absolute Gasteiger partial charge is 0.484 e. The van der Waals surface area contributed by atoms with Gasteiger partial charge < -0.3 is 15.4 Å². The van der Waals surface area contributed by atoms with E-state index < -0.39 is 5.91 Å². The third kappa shape index (κ3) is 4.26. The lowest BCUT2D eigenvalue weighted by Gasteiger charge is -2.28. The fraction of sp³-hybridized carbons (Fsp3) is 0.200. The molecule has 0 atom stereocenters. The number of para-hydroxylation sites is 1. The van der Waals surface area contributed by atoms with Crippen molar-refractivity contribution in [1.82, 2.24) is 0 Å². The molecule has 0 spiro atoms. The van der Waals surface area contributed by atoms with E-state index in [9.17, 15) is 9.59 Å². The highest BCUT2D eigenvalue weighted by Gasteiger charge is 2.20. The molecule has 0 aliphatic carbocycles. The van der Waals surface area contributed by atoms with Gasteiger partial charge in [0.15, 0.2) is 6.61 Å². The molecule has 0 saturated heterocycles.